The number of rotatable bonds is 1. The van der Waals surface area contributed by atoms with Gasteiger partial charge in [-0.1, -0.05) is 24.3 Å². The summed E-state index contributed by atoms with van der Waals surface area (Å²) >= 11 is 1.51. The number of thiophene rings is 1. The second kappa shape index (κ2) is 5.21. The summed E-state index contributed by atoms with van der Waals surface area (Å²) in [7, 11) is 0. The van der Waals surface area contributed by atoms with Gasteiger partial charge in [0.25, 0.3) is 0 Å². The van der Waals surface area contributed by atoms with Crippen molar-refractivity contribution in [3.05, 3.63) is 46.0 Å². The topological polar surface area (TPSA) is 78.8 Å². The van der Waals surface area contributed by atoms with Crippen LogP contribution in [0.1, 0.15) is 21.7 Å². The van der Waals surface area contributed by atoms with Gasteiger partial charge in [0.1, 0.15) is 11.1 Å². The van der Waals surface area contributed by atoms with Crippen LogP contribution in [0.4, 0.5) is 10.8 Å². The van der Waals surface area contributed by atoms with E-state index in [4.69, 9.17) is 5.73 Å². The van der Waals surface area contributed by atoms with Gasteiger partial charge in [0, 0.05) is 22.2 Å². The molecule has 0 atom stereocenters. The highest BCUT2D eigenvalue weighted by atomic mass is 32.1. The average molecular weight is 321 g/mol. The van der Waals surface area contributed by atoms with Crippen molar-refractivity contribution in [2.75, 3.05) is 17.2 Å². The molecule has 1 aliphatic rings. The third-order valence-electron chi connectivity index (χ3n) is 4.35. The van der Waals surface area contributed by atoms with E-state index < -0.39 is 0 Å². The molecule has 6 heteroatoms. The molecule has 0 spiro atoms. The molecule has 2 aromatic heterocycles. The normalized spacial score (nSPS) is 13.8. The largest absolute Gasteiger partial charge is 0.389 e. The first kappa shape index (κ1) is 14.0. The van der Waals surface area contributed by atoms with Crippen LogP contribution in [0.2, 0.25) is 0 Å². The summed E-state index contributed by atoms with van der Waals surface area (Å²) in [6, 6.07) is 10.5. The molecule has 0 aliphatic carbocycles. The maximum atomic E-state index is 9.26. The van der Waals surface area contributed by atoms with Crippen LogP contribution in [0.15, 0.2) is 24.3 Å². The summed E-state index contributed by atoms with van der Waals surface area (Å²) in [6.45, 7) is 3.53. The molecule has 0 bridgehead atoms. The third-order valence-corrected chi connectivity index (χ3v) is 5.39. The second-order valence-electron chi connectivity index (χ2n) is 5.68. The standard InChI is InChI=1S/C17H15N5S/c1-10-11-4-2-3-5-13(11)17(21-20-10)22-7-6-12-14(8-18)16(19)23-15(12)9-22/h2-5H,6-7,9,19H2,1H3. The van der Waals surface area contributed by atoms with E-state index in [1.54, 1.807) is 0 Å². The Kier molecular flexibility index (Phi) is 3.17. The molecule has 0 saturated heterocycles. The monoisotopic (exact) mass is 321 g/mol. The lowest BCUT2D eigenvalue weighted by atomic mass is 10.0. The van der Waals surface area contributed by atoms with Crippen molar-refractivity contribution < 1.29 is 0 Å². The molecule has 0 fully saturated rings. The number of nitrogens with zero attached hydrogens (tertiary/aromatic N) is 4. The Labute approximate surface area is 138 Å². The second-order valence-corrected chi connectivity index (χ2v) is 6.82. The van der Waals surface area contributed by atoms with E-state index in [9.17, 15) is 5.26 Å². The molecule has 0 radical (unpaired) electrons. The number of hydrogen-bond donors (Lipinski definition) is 1. The summed E-state index contributed by atoms with van der Waals surface area (Å²) in [4.78, 5) is 3.39. The molecular weight excluding hydrogens is 306 g/mol. The maximum Gasteiger partial charge on any atom is 0.159 e. The number of nitrogen functional groups attached to an aromatic ring is 1. The van der Waals surface area contributed by atoms with E-state index >= 15 is 0 Å². The highest BCUT2D eigenvalue weighted by Crippen LogP contribution is 2.37. The fourth-order valence-electron chi connectivity index (χ4n) is 3.19. The number of fused-ring (bicyclic) bond motifs is 2. The van der Waals surface area contributed by atoms with Crippen molar-refractivity contribution >= 4 is 32.9 Å². The van der Waals surface area contributed by atoms with Gasteiger partial charge in [-0.25, -0.2) is 0 Å². The van der Waals surface area contributed by atoms with Crippen LogP contribution in [0.3, 0.4) is 0 Å². The fraction of sp³-hybridized carbons (Fsp3) is 0.235. The SMILES string of the molecule is Cc1nnc(N2CCc3c(sc(N)c3C#N)C2)c2ccccc12. The lowest BCUT2D eigenvalue weighted by Crippen LogP contribution is -2.30. The van der Waals surface area contributed by atoms with Crippen molar-refractivity contribution in [3.8, 4) is 6.07 Å². The van der Waals surface area contributed by atoms with Gasteiger partial charge in [0.05, 0.1) is 17.8 Å². The average Bonchev–Trinajstić information content (AvgIpc) is 2.89. The number of hydrogen-bond acceptors (Lipinski definition) is 6. The number of anilines is 2. The molecule has 3 heterocycles. The maximum absolute atomic E-state index is 9.26. The van der Waals surface area contributed by atoms with E-state index in [2.05, 4.69) is 33.3 Å². The Bertz CT molecular complexity index is 954. The van der Waals surface area contributed by atoms with Gasteiger partial charge < -0.3 is 10.6 Å². The quantitative estimate of drug-likeness (QED) is 0.745. The summed E-state index contributed by atoms with van der Waals surface area (Å²) in [5.41, 5.74) is 8.68. The van der Waals surface area contributed by atoms with E-state index in [0.29, 0.717) is 10.6 Å². The first-order valence-corrected chi connectivity index (χ1v) is 8.27. The number of nitrogens with two attached hydrogens (primary N) is 1. The molecule has 0 unspecified atom stereocenters. The van der Waals surface area contributed by atoms with Crippen molar-refractivity contribution in [1.29, 1.82) is 5.26 Å². The van der Waals surface area contributed by atoms with E-state index in [1.807, 2.05) is 19.1 Å². The molecular formula is C17H15N5S. The first-order chi connectivity index (χ1) is 11.2. The lowest BCUT2D eigenvalue weighted by Gasteiger charge is -2.28. The van der Waals surface area contributed by atoms with Gasteiger partial charge in [0.15, 0.2) is 5.82 Å². The molecule has 1 aliphatic heterocycles. The minimum absolute atomic E-state index is 0.624. The minimum atomic E-state index is 0.624. The number of aromatic nitrogens is 2. The molecule has 4 rings (SSSR count). The van der Waals surface area contributed by atoms with Crippen LogP contribution in [-0.4, -0.2) is 16.7 Å². The molecule has 0 saturated carbocycles. The zero-order valence-electron chi connectivity index (χ0n) is 12.7. The van der Waals surface area contributed by atoms with Crippen LogP contribution in [0.5, 0.6) is 0 Å². The Morgan fingerprint density at radius 3 is 2.83 bits per heavy atom. The van der Waals surface area contributed by atoms with Gasteiger partial charge in [-0.3, -0.25) is 0 Å². The first-order valence-electron chi connectivity index (χ1n) is 7.46. The summed E-state index contributed by atoms with van der Waals surface area (Å²) < 4.78 is 0. The fourth-order valence-corrected chi connectivity index (χ4v) is 4.27. The van der Waals surface area contributed by atoms with Crippen molar-refractivity contribution in [2.45, 2.75) is 19.9 Å². The Morgan fingerprint density at radius 1 is 1.26 bits per heavy atom. The zero-order valence-corrected chi connectivity index (χ0v) is 13.5. The van der Waals surface area contributed by atoms with Crippen molar-refractivity contribution in [1.82, 2.24) is 10.2 Å². The van der Waals surface area contributed by atoms with Gasteiger partial charge in [-0.2, -0.15) is 10.4 Å². The molecule has 2 N–H and O–H groups in total. The molecule has 5 nitrogen and oxygen atoms in total. The smallest absolute Gasteiger partial charge is 0.159 e. The zero-order chi connectivity index (χ0) is 16.0. The van der Waals surface area contributed by atoms with Crippen LogP contribution in [0.25, 0.3) is 10.8 Å². The molecule has 0 amide bonds. The van der Waals surface area contributed by atoms with Crippen LogP contribution in [0, 0.1) is 18.3 Å². The van der Waals surface area contributed by atoms with Crippen LogP contribution in [-0.2, 0) is 13.0 Å². The molecule has 1 aromatic carbocycles. The summed E-state index contributed by atoms with van der Waals surface area (Å²) in [5.74, 6) is 0.905. The van der Waals surface area contributed by atoms with Crippen LogP contribution < -0.4 is 10.6 Å². The summed E-state index contributed by atoms with van der Waals surface area (Å²) in [6.07, 6.45) is 0.815. The highest BCUT2D eigenvalue weighted by molar-refractivity contribution is 7.16. The predicted octanol–water partition coefficient (Wildman–Crippen LogP) is 3.02. The minimum Gasteiger partial charge on any atom is -0.389 e. The number of benzene rings is 1. The molecule has 114 valence electrons. The van der Waals surface area contributed by atoms with E-state index in [-0.39, 0.29) is 0 Å². The van der Waals surface area contributed by atoms with Crippen molar-refractivity contribution in [2.24, 2.45) is 0 Å². The van der Waals surface area contributed by atoms with E-state index in [0.717, 1.165) is 52.2 Å². The van der Waals surface area contributed by atoms with Crippen molar-refractivity contribution in [3.63, 3.8) is 0 Å². The molecule has 3 aromatic rings. The Morgan fingerprint density at radius 2 is 2.04 bits per heavy atom. The predicted molar refractivity (Wildman–Crippen MR) is 92.5 cm³/mol. The third kappa shape index (κ3) is 2.13. The van der Waals surface area contributed by atoms with E-state index in [1.165, 1.54) is 11.3 Å². The highest BCUT2D eigenvalue weighted by Gasteiger charge is 2.25. The van der Waals surface area contributed by atoms with Gasteiger partial charge in [-0.15, -0.1) is 16.4 Å². The Hall–Kier alpha value is -2.65. The molecule has 23 heavy (non-hydrogen) atoms. The van der Waals surface area contributed by atoms with Gasteiger partial charge in [0.2, 0.25) is 0 Å². The van der Waals surface area contributed by atoms with Crippen LogP contribution >= 0.6 is 11.3 Å². The number of nitriles is 1. The Balaban J connectivity index is 1.79. The summed E-state index contributed by atoms with van der Waals surface area (Å²) in [5, 5.41) is 20.9. The number of aryl methyl sites for hydroxylation is 1. The van der Waals surface area contributed by atoms with Gasteiger partial charge in [-0.05, 0) is 18.9 Å². The lowest BCUT2D eigenvalue weighted by molar-refractivity contribution is 0.726. The van der Waals surface area contributed by atoms with Gasteiger partial charge >= 0.3 is 0 Å².